The molecule has 1 heterocycles. The summed E-state index contributed by atoms with van der Waals surface area (Å²) in [7, 11) is 1.72. The summed E-state index contributed by atoms with van der Waals surface area (Å²) in [5.74, 6) is 0.526. The predicted octanol–water partition coefficient (Wildman–Crippen LogP) is 2.75. The van der Waals surface area contributed by atoms with Gasteiger partial charge in [0.2, 0.25) is 0 Å². The first-order valence-electron chi connectivity index (χ1n) is 7.69. The van der Waals surface area contributed by atoms with Gasteiger partial charge in [0.15, 0.2) is 5.96 Å². The maximum atomic E-state index is 13.5. The number of hydrogen-bond acceptors (Lipinski definition) is 2. The van der Waals surface area contributed by atoms with Crippen LogP contribution in [-0.2, 0) is 13.0 Å². The summed E-state index contributed by atoms with van der Waals surface area (Å²) >= 11 is 0. The molecule has 0 saturated heterocycles. The summed E-state index contributed by atoms with van der Waals surface area (Å²) in [5.41, 5.74) is 4.00. The van der Waals surface area contributed by atoms with E-state index in [0.717, 1.165) is 18.5 Å². The molecule has 0 bridgehead atoms. The van der Waals surface area contributed by atoms with Gasteiger partial charge in [0.1, 0.15) is 5.82 Å². The fraction of sp³-hybridized carbons (Fsp3) is 0.333. The molecule has 0 amide bonds. The Kier molecular flexibility index (Phi) is 6.09. The highest BCUT2D eigenvalue weighted by molar-refractivity contribution is 5.79. The Labute approximate surface area is 136 Å². The summed E-state index contributed by atoms with van der Waals surface area (Å²) in [6, 6.07) is 7.28. The Morgan fingerprint density at radius 3 is 2.70 bits per heavy atom. The van der Waals surface area contributed by atoms with Gasteiger partial charge in [-0.25, -0.2) is 4.39 Å². The molecule has 1 aromatic heterocycles. The minimum Gasteiger partial charge on any atom is -0.356 e. The van der Waals surface area contributed by atoms with E-state index in [9.17, 15) is 4.39 Å². The van der Waals surface area contributed by atoms with Crippen molar-refractivity contribution < 1.29 is 4.39 Å². The first-order valence-corrected chi connectivity index (χ1v) is 7.69. The summed E-state index contributed by atoms with van der Waals surface area (Å²) in [4.78, 5) is 8.28. The number of hydrogen-bond donors (Lipinski definition) is 2. The van der Waals surface area contributed by atoms with Crippen LogP contribution in [-0.4, -0.2) is 24.5 Å². The molecule has 2 rings (SSSR count). The van der Waals surface area contributed by atoms with Gasteiger partial charge in [0.25, 0.3) is 0 Å². The Hall–Kier alpha value is -2.43. The lowest BCUT2D eigenvalue weighted by molar-refractivity contribution is 0.615. The number of aliphatic imine (C=N–C) groups is 1. The molecule has 0 unspecified atom stereocenters. The van der Waals surface area contributed by atoms with Crippen molar-refractivity contribution in [1.29, 1.82) is 0 Å². The van der Waals surface area contributed by atoms with E-state index in [1.165, 1.54) is 11.1 Å². The number of rotatable bonds is 5. The van der Waals surface area contributed by atoms with E-state index in [1.807, 2.05) is 18.3 Å². The van der Waals surface area contributed by atoms with Crippen LogP contribution in [0.2, 0.25) is 0 Å². The zero-order valence-corrected chi connectivity index (χ0v) is 13.9. The Bertz CT molecular complexity index is 682. The minimum absolute atomic E-state index is 0.180. The SMILES string of the molecule is CN=C(NCCc1ccncc1C)NCc1ccc(C)c(F)c1. The van der Waals surface area contributed by atoms with Crippen LogP contribution in [0.3, 0.4) is 0 Å². The first-order chi connectivity index (χ1) is 11.1. The van der Waals surface area contributed by atoms with Crippen LogP contribution in [0.15, 0.2) is 41.7 Å². The summed E-state index contributed by atoms with van der Waals surface area (Å²) in [6.07, 6.45) is 4.57. The molecule has 23 heavy (non-hydrogen) atoms. The maximum Gasteiger partial charge on any atom is 0.191 e. The number of nitrogens with zero attached hydrogens (tertiary/aromatic N) is 2. The molecule has 0 spiro atoms. The smallest absolute Gasteiger partial charge is 0.191 e. The molecule has 0 aliphatic carbocycles. The van der Waals surface area contributed by atoms with Gasteiger partial charge in [-0.15, -0.1) is 0 Å². The van der Waals surface area contributed by atoms with Gasteiger partial charge in [-0.1, -0.05) is 12.1 Å². The average molecular weight is 314 g/mol. The molecule has 0 saturated carbocycles. The third kappa shape index (κ3) is 5.06. The minimum atomic E-state index is -0.180. The normalized spacial score (nSPS) is 11.4. The molecule has 2 N–H and O–H groups in total. The molecule has 0 fully saturated rings. The molecule has 0 aliphatic rings. The zero-order valence-electron chi connectivity index (χ0n) is 13.9. The van der Waals surface area contributed by atoms with Crippen molar-refractivity contribution in [2.75, 3.05) is 13.6 Å². The van der Waals surface area contributed by atoms with E-state index < -0.39 is 0 Å². The van der Waals surface area contributed by atoms with Crippen molar-refractivity contribution >= 4 is 5.96 Å². The van der Waals surface area contributed by atoms with Crippen LogP contribution in [0.1, 0.15) is 22.3 Å². The van der Waals surface area contributed by atoms with E-state index in [1.54, 1.807) is 32.3 Å². The molecule has 122 valence electrons. The summed E-state index contributed by atoms with van der Waals surface area (Å²) in [6.45, 7) is 5.12. The number of guanidine groups is 1. The maximum absolute atomic E-state index is 13.5. The van der Waals surface area contributed by atoms with Crippen LogP contribution < -0.4 is 10.6 Å². The zero-order chi connectivity index (χ0) is 16.7. The van der Waals surface area contributed by atoms with Crippen LogP contribution in [0, 0.1) is 19.7 Å². The highest BCUT2D eigenvalue weighted by atomic mass is 19.1. The lowest BCUT2D eigenvalue weighted by Crippen LogP contribution is -2.37. The number of nitrogens with one attached hydrogen (secondary N) is 2. The number of halogens is 1. The quantitative estimate of drug-likeness (QED) is 0.659. The second-order valence-corrected chi connectivity index (χ2v) is 5.49. The largest absolute Gasteiger partial charge is 0.356 e. The van der Waals surface area contributed by atoms with E-state index in [0.29, 0.717) is 18.1 Å². The van der Waals surface area contributed by atoms with Crippen molar-refractivity contribution in [3.63, 3.8) is 0 Å². The Morgan fingerprint density at radius 1 is 1.17 bits per heavy atom. The lowest BCUT2D eigenvalue weighted by Gasteiger charge is -2.13. The number of benzene rings is 1. The van der Waals surface area contributed by atoms with E-state index in [2.05, 4.69) is 27.5 Å². The van der Waals surface area contributed by atoms with Crippen LogP contribution in [0.5, 0.6) is 0 Å². The van der Waals surface area contributed by atoms with Crippen molar-refractivity contribution in [3.05, 3.63) is 64.7 Å². The Morgan fingerprint density at radius 2 is 2.00 bits per heavy atom. The first kappa shape index (κ1) is 16.9. The van der Waals surface area contributed by atoms with Crippen molar-refractivity contribution in [2.45, 2.75) is 26.8 Å². The molecule has 0 atom stereocenters. The predicted molar refractivity (Wildman–Crippen MR) is 92.0 cm³/mol. The summed E-state index contributed by atoms with van der Waals surface area (Å²) < 4.78 is 13.5. The summed E-state index contributed by atoms with van der Waals surface area (Å²) in [5, 5.41) is 6.46. The fourth-order valence-corrected chi connectivity index (χ4v) is 2.25. The van der Waals surface area contributed by atoms with Crippen molar-refractivity contribution in [3.8, 4) is 0 Å². The number of aryl methyl sites for hydroxylation is 2. The molecule has 4 nitrogen and oxygen atoms in total. The molecule has 0 radical (unpaired) electrons. The van der Waals surface area contributed by atoms with Gasteiger partial charge >= 0.3 is 0 Å². The van der Waals surface area contributed by atoms with E-state index in [4.69, 9.17) is 0 Å². The topological polar surface area (TPSA) is 49.3 Å². The van der Waals surface area contributed by atoms with Crippen LogP contribution in [0.25, 0.3) is 0 Å². The van der Waals surface area contributed by atoms with Gasteiger partial charge in [-0.2, -0.15) is 0 Å². The molecule has 0 aliphatic heterocycles. The van der Waals surface area contributed by atoms with Gasteiger partial charge in [-0.05, 0) is 54.7 Å². The van der Waals surface area contributed by atoms with E-state index >= 15 is 0 Å². The molecule has 1 aromatic carbocycles. The lowest BCUT2D eigenvalue weighted by atomic mass is 10.1. The third-order valence-electron chi connectivity index (χ3n) is 3.74. The standard InChI is InChI=1S/C18H23FN4/c1-13-4-5-15(10-17(13)19)12-23-18(20-3)22-9-7-16-6-8-21-11-14(16)2/h4-6,8,10-11H,7,9,12H2,1-3H3,(H2,20,22,23). The molecule has 2 aromatic rings. The van der Waals surface area contributed by atoms with Crippen molar-refractivity contribution in [2.24, 2.45) is 4.99 Å². The number of aromatic nitrogens is 1. The highest BCUT2D eigenvalue weighted by Gasteiger charge is 2.02. The van der Waals surface area contributed by atoms with Gasteiger partial charge in [-0.3, -0.25) is 9.98 Å². The van der Waals surface area contributed by atoms with Crippen LogP contribution >= 0.6 is 0 Å². The second kappa shape index (κ2) is 8.27. The Balaban J connectivity index is 1.81. The van der Waals surface area contributed by atoms with Gasteiger partial charge < -0.3 is 10.6 Å². The molecular formula is C18H23FN4. The van der Waals surface area contributed by atoms with E-state index in [-0.39, 0.29) is 5.82 Å². The fourth-order valence-electron chi connectivity index (χ4n) is 2.25. The monoisotopic (exact) mass is 314 g/mol. The van der Waals surface area contributed by atoms with Crippen LogP contribution in [0.4, 0.5) is 4.39 Å². The third-order valence-corrected chi connectivity index (χ3v) is 3.74. The highest BCUT2D eigenvalue weighted by Crippen LogP contribution is 2.09. The number of pyridine rings is 1. The molecular weight excluding hydrogens is 291 g/mol. The average Bonchev–Trinajstić information content (AvgIpc) is 2.55. The van der Waals surface area contributed by atoms with Gasteiger partial charge in [0, 0.05) is 32.5 Å². The van der Waals surface area contributed by atoms with Crippen molar-refractivity contribution in [1.82, 2.24) is 15.6 Å². The second-order valence-electron chi connectivity index (χ2n) is 5.49. The van der Waals surface area contributed by atoms with Gasteiger partial charge in [0.05, 0.1) is 0 Å². The molecule has 5 heteroatoms.